The summed E-state index contributed by atoms with van der Waals surface area (Å²) in [7, 11) is 1.87. The van der Waals surface area contributed by atoms with Crippen LogP contribution in [0.15, 0.2) is 30.3 Å². The van der Waals surface area contributed by atoms with E-state index >= 15 is 0 Å². The van der Waals surface area contributed by atoms with Crippen LogP contribution in [0.4, 0.5) is 5.69 Å². The number of nitriles is 1. The molecule has 1 amide bonds. The number of hydrogen-bond acceptors (Lipinski definition) is 3. The first-order valence-corrected chi connectivity index (χ1v) is 6.16. The maximum atomic E-state index is 12.1. The Kier molecular flexibility index (Phi) is 6.52. The zero-order valence-electron chi connectivity index (χ0n) is 10.7. The zero-order valence-corrected chi connectivity index (χ0v) is 10.7. The Balaban J connectivity index is 2.66. The molecular formula is C14H19N3O. The van der Waals surface area contributed by atoms with Gasteiger partial charge in [0.25, 0.3) is 0 Å². The van der Waals surface area contributed by atoms with Crippen molar-refractivity contribution < 1.29 is 4.79 Å². The second-order valence-electron chi connectivity index (χ2n) is 4.00. The van der Waals surface area contributed by atoms with Crippen molar-refractivity contribution in [3.63, 3.8) is 0 Å². The molecule has 0 fully saturated rings. The number of para-hydroxylation sites is 1. The van der Waals surface area contributed by atoms with E-state index in [1.54, 1.807) is 4.90 Å². The van der Waals surface area contributed by atoms with Crippen molar-refractivity contribution >= 4 is 11.6 Å². The maximum absolute atomic E-state index is 12.1. The second kappa shape index (κ2) is 8.26. The van der Waals surface area contributed by atoms with Crippen LogP contribution >= 0.6 is 0 Å². The van der Waals surface area contributed by atoms with E-state index < -0.39 is 0 Å². The molecule has 1 aromatic rings. The van der Waals surface area contributed by atoms with Crippen molar-refractivity contribution in [3.05, 3.63) is 30.3 Å². The standard InChI is InChI=1S/C14H19N3O/c1-16-11-5-9-14(18)17(12-6-10-15)13-7-3-2-4-8-13/h2-4,7-8,16H,5-6,9,11-12H2,1H3. The molecule has 4 nitrogen and oxygen atoms in total. The summed E-state index contributed by atoms with van der Waals surface area (Å²) in [6, 6.07) is 11.6. The van der Waals surface area contributed by atoms with Crippen molar-refractivity contribution in [2.45, 2.75) is 19.3 Å². The first-order valence-electron chi connectivity index (χ1n) is 6.16. The van der Waals surface area contributed by atoms with Crippen molar-refractivity contribution in [3.8, 4) is 6.07 Å². The van der Waals surface area contributed by atoms with Crippen molar-refractivity contribution in [1.82, 2.24) is 5.32 Å². The first kappa shape index (κ1) is 14.2. The van der Waals surface area contributed by atoms with Gasteiger partial charge in [0.15, 0.2) is 0 Å². The molecule has 0 aliphatic rings. The Hall–Kier alpha value is -1.86. The molecule has 0 heterocycles. The molecule has 18 heavy (non-hydrogen) atoms. The van der Waals surface area contributed by atoms with Crippen LogP contribution in [-0.4, -0.2) is 26.0 Å². The fourth-order valence-corrected chi connectivity index (χ4v) is 1.72. The highest BCUT2D eigenvalue weighted by atomic mass is 16.2. The quantitative estimate of drug-likeness (QED) is 0.747. The first-order chi connectivity index (χ1) is 8.79. The molecule has 1 aromatic carbocycles. The monoisotopic (exact) mass is 245 g/mol. The van der Waals surface area contributed by atoms with Crippen molar-refractivity contribution in [2.75, 3.05) is 25.0 Å². The SMILES string of the molecule is CNCCCC(=O)N(CCC#N)c1ccccc1. The number of rotatable bonds is 7. The third kappa shape index (κ3) is 4.56. The number of anilines is 1. The van der Waals surface area contributed by atoms with Gasteiger partial charge in [-0.1, -0.05) is 18.2 Å². The van der Waals surface area contributed by atoms with Crippen molar-refractivity contribution in [1.29, 1.82) is 5.26 Å². The van der Waals surface area contributed by atoms with Gasteiger partial charge in [0.05, 0.1) is 12.5 Å². The predicted molar refractivity (Wildman–Crippen MR) is 72.2 cm³/mol. The van der Waals surface area contributed by atoms with Crippen LogP contribution in [0.3, 0.4) is 0 Å². The number of amides is 1. The van der Waals surface area contributed by atoms with E-state index in [0.717, 1.165) is 18.7 Å². The minimum absolute atomic E-state index is 0.0756. The van der Waals surface area contributed by atoms with Crippen LogP contribution in [0.25, 0.3) is 0 Å². The number of nitrogens with one attached hydrogen (secondary N) is 1. The summed E-state index contributed by atoms with van der Waals surface area (Å²) in [4.78, 5) is 13.8. The summed E-state index contributed by atoms with van der Waals surface area (Å²) in [6.45, 7) is 1.28. The van der Waals surface area contributed by atoms with E-state index in [-0.39, 0.29) is 5.91 Å². The summed E-state index contributed by atoms with van der Waals surface area (Å²) < 4.78 is 0. The van der Waals surface area contributed by atoms with Crippen LogP contribution in [0.1, 0.15) is 19.3 Å². The molecule has 0 spiro atoms. The fraction of sp³-hybridized carbons (Fsp3) is 0.429. The molecular weight excluding hydrogens is 226 g/mol. The van der Waals surface area contributed by atoms with E-state index in [0.29, 0.717) is 19.4 Å². The highest BCUT2D eigenvalue weighted by Crippen LogP contribution is 2.15. The van der Waals surface area contributed by atoms with E-state index in [2.05, 4.69) is 11.4 Å². The number of carbonyl (C=O) groups excluding carboxylic acids is 1. The molecule has 0 unspecified atom stereocenters. The van der Waals surface area contributed by atoms with E-state index in [1.807, 2.05) is 37.4 Å². The molecule has 0 aliphatic heterocycles. The number of hydrogen-bond donors (Lipinski definition) is 1. The third-order valence-corrected chi connectivity index (χ3v) is 2.63. The molecule has 0 aromatic heterocycles. The van der Waals surface area contributed by atoms with Crippen LogP contribution in [-0.2, 0) is 4.79 Å². The topological polar surface area (TPSA) is 56.1 Å². The highest BCUT2D eigenvalue weighted by Gasteiger charge is 2.14. The summed E-state index contributed by atoms with van der Waals surface area (Å²) in [5.41, 5.74) is 0.863. The Bertz CT molecular complexity index is 397. The molecule has 96 valence electrons. The average Bonchev–Trinajstić information content (AvgIpc) is 2.41. The summed E-state index contributed by atoms with van der Waals surface area (Å²) in [5, 5.41) is 11.7. The Morgan fingerprint density at radius 2 is 2.11 bits per heavy atom. The summed E-state index contributed by atoms with van der Waals surface area (Å²) in [6.07, 6.45) is 1.67. The minimum Gasteiger partial charge on any atom is -0.320 e. The van der Waals surface area contributed by atoms with Crippen molar-refractivity contribution in [2.24, 2.45) is 0 Å². The fourth-order valence-electron chi connectivity index (χ4n) is 1.72. The van der Waals surface area contributed by atoms with Gasteiger partial charge in [-0.2, -0.15) is 5.26 Å². The van der Waals surface area contributed by atoms with Gasteiger partial charge >= 0.3 is 0 Å². The van der Waals surface area contributed by atoms with Gasteiger partial charge in [0, 0.05) is 18.7 Å². The number of carbonyl (C=O) groups is 1. The highest BCUT2D eigenvalue weighted by molar-refractivity contribution is 5.93. The molecule has 0 saturated heterocycles. The summed E-state index contributed by atoms with van der Waals surface area (Å²) >= 11 is 0. The van der Waals surface area contributed by atoms with E-state index in [1.165, 1.54) is 0 Å². The minimum atomic E-state index is 0.0756. The summed E-state index contributed by atoms with van der Waals surface area (Å²) in [5.74, 6) is 0.0756. The Morgan fingerprint density at radius 1 is 1.39 bits per heavy atom. The van der Waals surface area contributed by atoms with Gasteiger partial charge in [0.1, 0.15) is 0 Å². The average molecular weight is 245 g/mol. The van der Waals surface area contributed by atoms with Gasteiger partial charge in [-0.15, -0.1) is 0 Å². The van der Waals surface area contributed by atoms with Gasteiger partial charge in [0.2, 0.25) is 5.91 Å². The van der Waals surface area contributed by atoms with Crippen LogP contribution in [0, 0.1) is 11.3 Å². The van der Waals surface area contributed by atoms with Gasteiger partial charge in [-0.05, 0) is 32.1 Å². The maximum Gasteiger partial charge on any atom is 0.227 e. The smallest absolute Gasteiger partial charge is 0.227 e. The van der Waals surface area contributed by atoms with Crippen LogP contribution in [0.2, 0.25) is 0 Å². The Labute approximate surface area is 108 Å². The van der Waals surface area contributed by atoms with E-state index in [9.17, 15) is 4.79 Å². The molecule has 0 atom stereocenters. The molecule has 0 aliphatic carbocycles. The number of nitrogens with zero attached hydrogens (tertiary/aromatic N) is 2. The molecule has 0 saturated carbocycles. The van der Waals surface area contributed by atoms with E-state index in [4.69, 9.17) is 5.26 Å². The molecule has 1 N–H and O–H groups in total. The molecule has 1 rings (SSSR count). The lowest BCUT2D eigenvalue weighted by Crippen LogP contribution is -2.32. The normalized spacial score (nSPS) is 9.78. The van der Waals surface area contributed by atoms with Crippen LogP contribution in [0.5, 0.6) is 0 Å². The van der Waals surface area contributed by atoms with Gasteiger partial charge in [-0.3, -0.25) is 4.79 Å². The zero-order chi connectivity index (χ0) is 13.2. The molecule has 0 bridgehead atoms. The predicted octanol–water partition coefficient (Wildman–Crippen LogP) is 1.93. The largest absolute Gasteiger partial charge is 0.320 e. The number of benzene rings is 1. The van der Waals surface area contributed by atoms with Gasteiger partial charge in [-0.25, -0.2) is 0 Å². The third-order valence-electron chi connectivity index (χ3n) is 2.63. The van der Waals surface area contributed by atoms with Crippen LogP contribution < -0.4 is 10.2 Å². The lowest BCUT2D eigenvalue weighted by atomic mass is 10.2. The lowest BCUT2D eigenvalue weighted by Gasteiger charge is -2.21. The van der Waals surface area contributed by atoms with Gasteiger partial charge < -0.3 is 10.2 Å². The lowest BCUT2D eigenvalue weighted by molar-refractivity contribution is -0.118. The second-order valence-corrected chi connectivity index (χ2v) is 4.00. The molecule has 4 heteroatoms. The Morgan fingerprint density at radius 3 is 2.72 bits per heavy atom. The molecule has 0 radical (unpaired) electrons.